The molecule has 0 fully saturated rings. The summed E-state index contributed by atoms with van der Waals surface area (Å²) in [5, 5.41) is 2.35. The number of sulfone groups is 1. The summed E-state index contributed by atoms with van der Waals surface area (Å²) in [6, 6.07) is 8.56. The fourth-order valence-electron chi connectivity index (χ4n) is 2.01. The van der Waals surface area contributed by atoms with Crippen molar-refractivity contribution in [3.05, 3.63) is 54.1 Å². The first-order valence-corrected chi connectivity index (χ1v) is 9.28. The first-order valence-electron chi connectivity index (χ1n) is 7.73. The quantitative estimate of drug-likeness (QED) is 0.506. The highest BCUT2D eigenvalue weighted by Crippen LogP contribution is 2.19. The lowest BCUT2D eigenvalue weighted by Crippen LogP contribution is -2.21. The molecule has 0 unspecified atom stereocenters. The molecule has 0 saturated carbocycles. The van der Waals surface area contributed by atoms with Crippen LogP contribution in [0.4, 0.5) is 23.2 Å². The topological polar surface area (TPSA) is 98.8 Å². The Bertz CT molecular complexity index is 962. The zero-order valence-corrected chi connectivity index (χ0v) is 15.2. The molecule has 29 heavy (non-hydrogen) atoms. The third-order valence-electron chi connectivity index (χ3n) is 3.35. The first kappa shape index (κ1) is 22.1. The first-order chi connectivity index (χ1) is 13.6. The molecule has 1 N–H and O–H groups in total. The van der Waals surface area contributed by atoms with Crippen molar-refractivity contribution in [2.45, 2.75) is 17.3 Å². The largest absolute Gasteiger partial charge is 0.452 e. The number of carbonyl (C=O) groups excluding carboxylic acids is 2. The smallest absolute Gasteiger partial charge is 0.387 e. The number of amides is 1. The maximum Gasteiger partial charge on any atom is 0.387 e. The summed E-state index contributed by atoms with van der Waals surface area (Å²) in [5.74, 6) is -5.43. The summed E-state index contributed by atoms with van der Waals surface area (Å²) in [5.41, 5.74) is 0.0775. The van der Waals surface area contributed by atoms with E-state index in [9.17, 15) is 35.6 Å². The Morgan fingerprint density at radius 2 is 1.52 bits per heavy atom. The number of anilines is 1. The Hall–Kier alpha value is -3.15. The van der Waals surface area contributed by atoms with Gasteiger partial charge < -0.3 is 14.8 Å². The maximum atomic E-state index is 12.5. The highest BCUT2D eigenvalue weighted by molar-refractivity contribution is 7.91. The molecule has 12 heteroatoms. The number of rotatable bonds is 8. The molecule has 0 heterocycles. The lowest BCUT2D eigenvalue weighted by atomic mass is 10.2. The van der Waals surface area contributed by atoms with Gasteiger partial charge in [-0.2, -0.15) is 17.6 Å². The zero-order chi connectivity index (χ0) is 21.6. The molecule has 0 aliphatic rings. The van der Waals surface area contributed by atoms with Gasteiger partial charge in [-0.15, -0.1) is 0 Å². The van der Waals surface area contributed by atoms with Crippen LogP contribution in [0, 0.1) is 0 Å². The monoisotopic (exact) mass is 435 g/mol. The van der Waals surface area contributed by atoms with Gasteiger partial charge in [-0.3, -0.25) is 4.79 Å². The van der Waals surface area contributed by atoms with Crippen LogP contribution in [0.25, 0.3) is 0 Å². The summed E-state index contributed by atoms with van der Waals surface area (Å²) in [6.45, 7) is -3.69. The number of hydrogen-bond donors (Lipinski definition) is 1. The summed E-state index contributed by atoms with van der Waals surface area (Å²) in [6.07, 6.45) is 0. The fraction of sp³-hybridized carbons (Fsp3) is 0.176. The van der Waals surface area contributed by atoms with Crippen molar-refractivity contribution in [3.63, 3.8) is 0 Å². The van der Waals surface area contributed by atoms with Gasteiger partial charge in [-0.25, -0.2) is 13.2 Å². The molecule has 0 spiro atoms. The van der Waals surface area contributed by atoms with Gasteiger partial charge in [0.1, 0.15) is 5.75 Å². The molecule has 0 atom stereocenters. The number of halogens is 4. The van der Waals surface area contributed by atoms with Crippen LogP contribution < -0.4 is 10.1 Å². The standard InChI is InChI=1S/C17H13F4NO6S/c18-16(19)28-12-5-3-11(4-6-12)22-14(23)9-27-15(24)10-1-7-13(8-2-10)29(25,26)17(20)21/h1-8,16-17H,9H2,(H,22,23). The fourth-order valence-corrected chi connectivity index (χ4v) is 2.74. The third kappa shape index (κ3) is 6.17. The molecule has 0 radical (unpaired) electrons. The number of hydrogen-bond acceptors (Lipinski definition) is 6. The van der Waals surface area contributed by atoms with Crippen molar-refractivity contribution >= 4 is 27.4 Å². The lowest BCUT2D eigenvalue weighted by molar-refractivity contribution is -0.119. The number of esters is 1. The van der Waals surface area contributed by atoms with E-state index >= 15 is 0 Å². The normalized spacial score (nSPS) is 11.4. The number of nitrogens with one attached hydrogen (secondary N) is 1. The van der Waals surface area contributed by atoms with Crippen molar-refractivity contribution in [3.8, 4) is 5.75 Å². The molecule has 156 valence electrons. The van der Waals surface area contributed by atoms with E-state index in [2.05, 4.69) is 10.1 Å². The van der Waals surface area contributed by atoms with Crippen molar-refractivity contribution in [1.82, 2.24) is 0 Å². The van der Waals surface area contributed by atoms with Gasteiger partial charge in [-0.05, 0) is 48.5 Å². The molecular weight excluding hydrogens is 422 g/mol. The van der Waals surface area contributed by atoms with Crippen LogP contribution in [0.5, 0.6) is 5.75 Å². The predicted molar refractivity (Wildman–Crippen MR) is 91.6 cm³/mol. The molecule has 1 amide bonds. The maximum absolute atomic E-state index is 12.5. The van der Waals surface area contributed by atoms with Gasteiger partial charge in [0, 0.05) is 5.69 Å². The number of alkyl halides is 4. The van der Waals surface area contributed by atoms with Crippen LogP contribution in [0.1, 0.15) is 10.4 Å². The Kier molecular flexibility index (Phi) is 7.15. The number of ether oxygens (including phenoxy) is 2. The molecule has 0 aliphatic carbocycles. The van der Waals surface area contributed by atoms with E-state index in [1.807, 2.05) is 0 Å². The van der Waals surface area contributed by atoms with E-state index < -0.39 is 45.6 Å². The van der Waals surface area contributed by atoms with Gasteiger partial charge in [0.05, 0.1) is 10.5 Å². The molecule has 2 aromatic carbocycles. The van der Waals surface area contributed by atoms with Crippen LogP contribution in [-0.4, -0.2) is 39.3 Å². The van der Waals surface area contributed by atoms with Crippen molar-refractivity contribution in [2.75, 3.05) is 11.9 Å². The minimum absolute atomic E-state index is 0.110. The van der Waals surface area contributed by atoms with Gasteiger partial charge in [-0.1, -0.05) is 0 Å². The van der Waals surface area contributed by atoms with E-state index in [-0.39, 0.29) is 17.0 Å². The van der Waals surface area contributed by atoms with E-state index in [1.165, 1.54) is 24.3 Å². The second kappa shape index (κ2) is 9.37. The van der Waals surface area contributed by atoms with Crippen LogP contribution in [-0.2, 0) is 19.4 Å². The molecule has 2 aromatic rings. The average Bonchev–Trinajstić information content (AvgIpc) is 2.67. The molecule has 7 nitrogen and oxygen atoms in total. The van der Waals surface area contributed by atoms with Crippen LogP contribution in [0.15, 0.2) is 53.4 Å². The van der Waals surface area contributed by atoms with Crippen molar-refractivity contribution in [1.29, 1.82) is 0 Å². The molecule has 0 bridgehead atoms. The number of carbonyl (C=O) groups is 2. The second-order valence-corrected chi connectivity index (χ2v) is 7.28. The summed E-state index contributed by atoms with van der Waals surface area (Å²) in [4.78, 5) is 23.0. The minimum atomic E-state index is -4.79. The average molecular weight is 435 g/mol. The number of benzene rings is 2. The van der Waals surface area contributed by atoms with Gasteiger partial charge in [0.2, 0.25) is 9.84 Å². The van der Waals surface area contributed by atoms with Gasteiger partial charge in [0.25, 0.3) is 5.91 Å². The van der Waals surface area contributed by atoms with Crippen molar-refractivity contribution in [2.24, 2.45) is 0 Å². The Balaban J connectivity index is 1.89. The van der Waals surface area contributed by atoms with Gasteiger partial charge in [0.15, 0.2) is 6.61 Å². The van der Waals surface area contributed by atoms with Crippen LogP contribution in [0.2, 0.25) is 0 Å². The summed E-state index contributed by atoms with van der Waals surface area (Å²) in [7, 11) is -4.79. The zero-order valence-electron chi connectivity index (χ0n) is 14.4. The van der Waals surface area contributed by atoms with Crippen LogP contribution >= 0.6 is 0 Å². The van der Waals surface area contributed by atoms with Crippen molar-refractivity contribution < 1.29 is 45.0 Å². The third-order valence-corrected chi connectivity index (χ3v) is 4.75. The Morgan fingerprint density at radius 1 is 0.931 bits per heavy atom. The molecule has 0 aromatic heterocycles. The lowest BCUT2D eigenvalue weighted by Gasteiger charge is -2.08. The Morgan fingerprint density at radius 3 is 2.03 bits per heavy atom. The Labute approximate surface area is 162 Å². The highest BCUT2D eigenvalue weighted by atomic mass is 32.2. The second-order valence-electron chi connectivity index (χ2n) is 5.36. The predicted octanol–water partition coefficient (Wildman–Crippen LogP) is 3.08. The van der Waals surface area contributed by atoms with Gasteiger partial charge >= 0.3 is 18.3 Å². The molecular formula is C17H13F4NO6S. The van der Waals surface area contributed by atoms with E-state index in [1.54, 1.807) is 0 Å². The van der Waals surface area contributed by atoms with Crippen LogP contribution in [0.3, 0.4) is 0 Å². The molecule has 0 aliphatic heterocycles. The SMILES string of the molecule is O=C(COC(=O)c1ccc(S(=O)(=O)C(F)F)cc1)Nc1ccc(OC(F)F)cc1. The molecule has 2 rings (SSSR count). The summed E-state index contributed by atoms with van der Waals surface area (Å²) >= 11 is 0. The molecule has 0 saturated heterocycles. The van der Waals surface area contributed by atoms with E-state index in [0.717, 1.165) is 24.3 Å². The van der Waals surface area contributed by atoms with E-state index in [0.29, 0.717) is 0 Å². The van der Waals surface area contributed by atoms with E-state index in [4.69, 9.17) is 4.74 Å². The summed E-state index contributed by atoms with van der Waals surface area (Å²) < 4.78 is 80.5. The highest BCUT2D eigenvalue weighted by Gasteiger charge is 2.26. The minimum Gasteiger partial charge on any atom is -0.452 e.